The minimum atomic E-state index is -0.606. The van der Waals surface area contributed by atoms with Crippen molar-refractivity contribution in [1.82, 2.24) is 10.2 Å². The first kappa shape index (κ1) is 23.9. The van der Waals surface area contributed by atoms with Gasteiger partial charge >= 0.3 is 0 Å². The molecule has 0 saturated heterocycles. The molecule has 0 bridgehead atoms. The van der Waals surface area contributed by atoms with E-state index in [0.717, 1.165) is 10.5 Å². The van der Waals surface area contributed by atoms with Crippen LogP contribution in [0.3, 0.4) is 0 Å². The summed E-state index contributed by atoms with van der Waals surface area (Å²) >= 11 is 1.62. The van der Waals surface area contributed by atoms with E-state index in [-0.39, 0.29) is 24.2 Å². The first-order chi connectivity index (χ1) is 14.3. The topological polar surface area (TPSA) is 49.4 Å². The normalized spacial score (nSPS) is 11.9. The summed E-state index contributed by atoms with van der Waals surface area (Å²) < 4.78 is 13.3. The van der Waals surface area contributed by atoms with Crippen LogP contribution in [-0.4, -0.2) is 35.1 Å². The Kier molecular flexibility index (Phi) is 9.37. The number of carbonyl (C=O) groups is 2. The van der Waals surface area contributed by atoms with Crippen LogP contribution in [0.4, 0.5) is 4.39 Å². The number of rotatable bonds is 10. The summed E-state index contributed by atoms with van der Waals surface area (Å²) in [6.45, 7) is 8.65. The van der Waals surface area contributed by atoms with Gasteiger partial charge in [0.2, 0.25) is 11.8 Å². The van der Waals surface area contributed by atoms with Crippen LogP contribution in [0.25, 0.3) is 0 Å². The van der Waals surface area contributed by atoms with Crippen molar-refractivity contribution in [2.45, 2.75) is 51.6 Å². The molecule has 0 aromatic heterocycles. The number of carbonyl (C=O) groups excluding carboxylic acids is 2. The van der Waals surface area contributed by atoms with Gasteiger partial charge in [-0.25, -0.2) is 4.39 Å². The molecule has 2 aromatic rings. The molecule has 2 aromatic carbocycles. The van der Waals surface area contributed by atoms with Gasteiger partial charge in [0.25, 0.3) is 0 Å². The van der Waals surface area contributed by atoms with Crippen LogP contribution in [0.5, 0.6) is 0 Å². The Morgan fingerprint density at radius 1 is 1.03 bits per heavy atom. The predicted octanol–water partition coefficient (Wildman–Crippen LogP) is 4.81. The minimum absolute atomic E-state index is 0.0915. The number of nitrogens with one attached hydrogen (secondary N) is 1. The van der Waals surface area contributed by atoms with Crippen LogP contribution in [0.1, 0.15) is 38.3 Å². The van der Waals surface area contributed by atoms with Gasteiger partial charge in [-0.15, -0.1) is 11.8 Å². The fourth-order valence-electron chi connectivity index (χ4n) is 2.86. The van der Waals surface area contributed by atoms with E-state index < -0.39 is 6.04 Å². The van der Waals surface area contributed by atoms with Crippen molar-refractivity contribution in [3.05, 3.63) is 65.5 Å². The lowest BCUT2D eigenvalue weighted by Gasteiger charge is -2.29. The van der Waals surface area contributed by atoms with Crippen molar-refractivity contribution in [3.8, 4) is 0 Å². The van der Waals surface area contributed by atoms with E-state index in [0.29, 0.717) is 24.6 Å². The van der Waals surface area contributed by atoms with E-state index in [4.69, 9.17) is 0 Å². The minimum Gasteiger partial charge on any atom is -0.354 e. The summed E-state index contributed by atoms with van der Waals surface area (Å²) in [6, 6.07) is 13.6. The Bertz CT molecular complexity index is 822. The first-order valence-corrected chi connectivity index (χ1v) is 11.3. The second kappa shape index (κ2) is 11.7. The summed E-state index contributed by atoms with van der Waals surface area (Å²) in [6.07, 6.45) is 0.321. The third-order valence-corrected chi connectivity index (χ3v) is 5.74. The standard InChI is InChI=1S/C24H31FN2O2S/c1-17(2)15-26-24(29)19(4)27(16-20-7-9-21(25)10-8-20)23(28)13-14-30-22-11-5-18(3)6-12-22/h5-12,17,19H,13-16H2,1-4H3,(H,26,29)/t19-/m1/s1. The Morgan fingerprint density at radius 3 is 2.27 bits per heavy atom. The van der Waals surface area contributed by atoms with E-state index in [1.165, 1.54) is 17.7 Å². The molecule has 4 nitrogen and oxygen atoms in total. The number of halogens is 1. The SMILES string of the molecule is Cc1ccc(SCCC(=O)N(Cc2ccc(F)cc2)[C@H](C)C(=O)NCC(C)C)cc1. The number of thioether (sulfide) groups is 1. The maximum Gasteiger partial charge on any atom is 0.242 e. The number of amides is 2. The maximum atomic E-state index is 13.3. The molecule has 0 radical (unpaired) electrons. The van der Waals surface area contributed by atoms with Gasteiger partial charge in [0.15, 0.2) is 0 Å². The molecule has 0 aliphatic heterocycles. The van der Waals surface area contributed by atoms with Gasteiger partial charge in [0, 0.05) is 30.2 Å². The lowest BCUT2D eigenvalue weighted by atomic mass is 10.1. The Labute approximate surface area is 183 Å². The Morgan fingerprint density at radius 2 is 1.67 bits per heavy atom. The maximum absolute atomic E-state index is 13.3. The molecule has 0 saturated carbocycles. The van der Waals surface area contributed by atoms with Gasteiger partial charge in [0.05, 0.1) is 0 Å². The molecule has 2 amide bonds. The fourth-order valence-corrected chi connectivity index (χ4v) is 3.70. The van der Waals surface area contributed by atoms with Crippen LogP contribution >= 0.6 is 11.8 Å². The van der Waals surface area contributed by atoms with Crippen molar-refractivity contribution in [3.63, 3.8) is 0 Å². The number of hydrogen-bond acceptors (Lipinski definition) is 3. The van der Waals surface area contributed by atoms with Crippen molar-refractivity contribution in [2.24, 2.45) is 5.92 Å². The van der Waals surface area contributed by atoms with Crippen LogP contribution in [0.15, 0.2) is 53.4 Å². The van der Waals surface area contributed by atoms with Crippen LogP contribution in [-0.2, 0) is 16.1 Å². The summed E-state index contributed by atoms with van der Waals surface area (Å²) in [5.41, 5.74) is 1.99. The largest absolute Gasteiger partial charge is 0.354 e. The van der Waals surface area contributed by atoms with Gasteiger partial charge in [-0.05, 0) is 49.6 Å². The first-order valence-electron chi connectivity index (χ1n) is 10.3. The number of nitrogens with zero attached hydrogens (tertiary/aromatic N) is 1. The van der Waals surface area contributed by atoms with E-state index in [9.17, 15) is 14.0 Å². The molecular weight excluding hydrogens is 399 g/mol. The zero-order valence-electron chi connectivity index (χ0n) is 18.2. The van der Waals surface area contributed by atoms with Gasteiger partial charge in [-0.3, -0.25) is 9.59 Å². The Balaban J connectivity index is 2.04. The molecule has 0 unspecified atom stereocenters. The number of hydrogen-bond donors (Lipinski definition) is 1. The van der Waals surface area contributed by atoms with Gasteiger partial charge in [0.1, 0.15) is 11.9 Å². The Hall–Kier alpha value is -2.34. The number of benzene rings is 2. The molecule has 0 spiro atoms. The molecule has 0 aliphatic carbocycles. The summed E-state index contributed by atoms with van der Waals surface area (Å²) in [5.74, 6) is 0.362. The number of aryl methyl sites for hydroxylation is 1. The lowest BCUT2D eigenvalue weighted by molar-refractivity contribution is -0.140. The van der Waals surface area contributed by atoms with Crippen LogP contribution < -0.4 is 5.32 Å². The molecule has 2 rings (SSSR count). The van der Waals surface area contributed by atoms with Crippen molar-refractivity contribution >= 4 is 23.6 Å². The molecular formula is C24H31FN2O2S. The predicted molar refractivity (Wildman–Crippen MR) is 121 cm³/mol. The van der Waals surface area contributed by atoms with Crippen molar-refractivity contribution < 1.29 is 14.0 Å². The molecule has 1 N–H and O–H groups in total. The van der Waals surface area contributed by atoms with Gasteiger partial charge in [-0.2, -0.15) is 0 Å². The van der Waals surface area contributed by atoms with Crippen LogP contribution in [0, 0.1) is 18.7 Å². The molecule has 1 atom stereocenters. The molecule has 6 heteroatoms. The van der Waals surface area contributed by atoms with E-state index in [1.807, 2.05) is 45.0 Å². The smallest absolute Gasteiger partial charge is 0.242 e. The second-order valence-corrected chi connectivity index (χ2v) is 9.04. The highest BCUT2D eigenvalue weighted by Crippen LogP contribution is 2.20. The summed E-state index contributed by atoms with van der Waals surface area (Å²) in [4.78, 5) is 28.3. The summed E-state index contributed by atoms with van der Waals surface area (Å²) in [5, 5.41) is 2.90. The van der Waals surface area contributed by atoms with E-state index in [1.54, 1.807) is 35.7 Å². The summed E-state index contributed by atoms with van der Waals surface area (Å²) in [7, 11) is 0. The molecule has 0 fully saturated rings. The monoisotopic (exact) mass is 430 g/mol. The highest BCUT2D eigenvalue weighted by molar-refractivity contribution is 7.99. The third kappa shape index (κ3) is 7.82. The van der Waals surface area contributed by atoms with E-state index >= 15 is 0 Å². The second-order valence-electron chi connectivity index (χ2n) is 7.87. The highest BCUT2D eigenvalue weighted by Gasteiger charge is 2.25. The molecule has 30 heavy (non-hydrogen) atoms. The molecule has 162 valence electrons. The zero-order valence-corrected chi connectivity index (χ0v) is 19.0. The van der Waals surface area contributed by atoms with Gasteiger partial charge < -0.3 is 10.2 Å². The molecule has 0 heterocycles. The molecule has 0 aliphatic rings. The fraction of sp³-hybridized carbons (Fsp3) is 0.417. The van der Waals surface area contributed by atoms with Gasteiger partial charge in [-0.1, -0.05) is 43.7 Å². The average molecular weight is 431 g/mol. The highest BCUT2D eigenvalue weighted by atomic mass is 32.2. The zero-order chi connectivity index (χ0) is 22.1. The van der Waals surface area contributed by atoms with Crippen LogP contribution in [0.2, 0.25) is 0 Å². The van der Waals surface area contributed by atoms with E-state index in [2.05, 4.69) is 5.32 Å². The quantitative estimate of drug-likeness (QED) is 0.551. The third-order valence-electron chi connectivity index (χ3n) is 4.72. The van der Waals surface area contributed by atoms with Crippen molar-refractivity contribution in [2.75, 3.05) is 12.3 Å². The average Bonchev–Trinajstić information content (AvgIpc) is 2.72. The van der Waals surface area contributed by atoms with Crippen molar-refractivity contribution in [1.29, 1.82) is 0 Å². The lowest BCUT2D eigenvalue weighted by Crippen LogP contribution is -2.48.